The Morgan fingerprint density at radius 1 is 1.20 bits per heavy atom. The Morgan fingerprint density at radius 2 is 1.87 bits per heavy atom. The van der Waals surface area contributed by atoms with E-state index in [0.29, 0.717) is 13.0 Å². The van der Waals surface area contributed by atoms with Gasteiger partial charge >= 0.3 is 0 Å². The predicted molar refractivity (Wildman–Crippen MR) is 70.8 cm³/mol. The molecule has 0 saturated carbocycles. The quantitative estimate of drug-likeness (QED) is 0.466. The second kappa shape index (κ2) is 9.79. The van der Waals surface area contributed by atoms with Crippen LogP contribution in [-0.4, -0.2) is 22.2 Å². The molecule has 0 N–H and O–H groups in total. The summed E-state index contributed by atoms with van der Waals surface area (Å²) in [6.45, 7) is 4.82. The zero-order valence-electron chi connectivity index (χ0n) is 9.47. The van der Waals surface area contributed by atoms with Crippen LogP contribution in [0, 0.1) is 0 Å². The van der Waals surface area contributed by atoms with Crippen molar-refractivity contribution in [3.8, 4) is 0 Å². The Hall–Kier alpha value is 0.590. The maximum absolute atomic E-state index is 11.7. The Labute approximate surface area is 109 Å². The van der Waals surface area contributed by atoms with E-state index < -0.39 is 0 Å². The summed E-state index contributed by atoms with van der Waals surface area (Å²) in [4.78, 5) is 11.7. The van der Waals surface area contributed by atoms with Gasteiger partial charge in [-0.2, -0.15) is 0 Å². The van der Waals surface area contributed by atoms with Crippen LogP contribution in [-0.2, 0) is 9.53 Å². The molecule has 1 unspecified atom stereocenters. The van der Waals surface area contributed by atoms with E-state index in [2.05, 4.69) is 38.8 Å². The van der Waals surface area contributed by atoms with Gasteiger partial charge in [0.2, 0.25) is 0 Å². The number of alkyl halides is 2. The molecule has 0 saturated heterocycles. The molecular formula is C11H20Br2O2. The van der Waals surface area contributed by atoms with Gasteiger partial charge in [0, 0.05) is 13.0 Å². The largest absolute Gasteiger partial charge is 0.368 e. The fraction of sp³-hybridized carbons (Fsp3) is 0.909. The van der Waals surface area contributed by atoms with Crippen molar-refractivity contribution in [2.45, 2.75) is 55.8 Å². The summed E-state index contributed by atoms with van der Waals surface area (Å²) >= 11 is 6.70. The van der Waals surface area contributed by atoms with Gasteiger partial charge in [-0.25, -0.2) is 0 Å². The molecule has 0 aliphatic rings. The summed E-state index contributed by atoms with van der Waals surface area (Å²) < 4.78 is 5.50. The van der Waals surface area contributed by atoms with E-state index in [-0.39, 0.29) is 15.6 Å². The highest BCUT2D eigenvalue weighted by Gasteiger charge is 2.23. The summed E-state index contributed by atoms with van der Waals surface area (Å²) in [5, 5.41) is 0. The molecule has 0 aliphatic carbocycles. The van der Waals surface area contributed by atoms with Crippen LogP contribution in [0.5, 0.6) is 0 Å². The van der Waals surface area contributed by atoms with Crippen molar-refractivity contribution in [1.82, 2.24) is 0 Å². The number of ketones is 1. The molecule has 0 aromatic carbocycles. The summed E-state index contributed by atoms with van der Waals surface area (Å²) in [7, 11) is 0. The minimum Gasteiger partial charge on any atom is -0.368 e. The van der Waals surface area contributed by atoms with Gasteiger partial charge in [-0.1, -0.05) is 58.5 Å². The van der Waals surface area contributed by atoms with E-state index in [0.717, 1.165) is 19.3 Å². The molecule has 0 aliphatic heterocycles. The van der Waals surface area contributed by atoms with E-state index in [1.54, 1.807) is 0 Å². The molecule has 0 spiro atoms. The number of hydrogen-bond acceptors (Lipinski definition) is 2. The van der Waals surface area contributed by atoms with Crippen molar-refractivity contribution in [1.29, 1.82) is 0 Å². The number of halogens is 2. The first-order chi connectivity index (χ1) is 7.13. The zero-order valence-corrected chi connectivity index (χ0v) is 12.6. The van der Waals surface area contributed by atoms with Crippen molar-refractivity contribution < 1.29 is 9.53 Å². The average molecular weight is 344 g/mol. The predicted octanol–water partition coefficient (Wildman–Crippen LogP) is 4.05. The van der Waals surface area contributed by atoms with Gasteiger partial charge in [-0.3, -0.25) is 4.79 Å². The van der Waals surface area contributed by atoms with Gasteiger partial charge < -0.3 is 4.74 Å². The minimum absolute atomic E-state index is 0.0781. The molecule has 0 aromatic heterocycles. The van der Waals surface area contributed by atoms with E-state index in [1.807, 2.05) is 6.92 Å². The topological polar surface area (TPSA) is 26.3 Å². The molecule has 0 amide bonds. The van der Waals surface area contributed by atoms with Crippen LogP contribution in [0.1, 0.15) is 46.0 Å². The molecule has 0 aromatic rings. The van der Waals surface area contributed by atoms with Crippen LogP contribution in [0.15, 0.2) is 0 Å². The second-order valence-corrected chi connectivity index (χ2v) is 6.75. The minimum atomic E-state index is -0.346. The summed E-state index contributed by atoms with van der Waals surface area (Å²) in [6, 6.07) is 0. The number of carbonyl (C=O) groups excluding carboxylic acids is 1. The highest BCUT2D eigenvalue weighted by atomic mass is 79.9. The SMILES string of the molecule is CCCCCOC(C(=O)CCC)C(Br)Br. The average Bonchev–Trinajstić information content (AvgIpc) is 2.17. The third-order valence-corrected chi connectivity index (χ3v) is 3.05. The van der Waals surface area contributed by atoms with Crippen molar-refractivity contribution in [3.05, 3.63) is 0 Å². The molecule has 0 radical (unpaired) electrons. The van der Waals surface area contributed by atoms with E-state index in [4.69, 9.17) is 4.74 Å². The molecule has 0 bridgehead atoms. The molecule has 0 rings (SSSR count). The lowest BCUT2D eigenvalue weighted by molar-refractivity contribution is -0.129. The van der Waals surface area contributed by atoms with Crippen molar-refractivity contribution in [3.63, 3.8) is 0 Å². The molecule has 1 atom stereocenters. The molecule has 0 fully saturated rings. The third kappa shape index (κ3) is 7.47. The van der Waals surface area contributed by atoms with Gasteiger partial charge in [0.25, 0.3) is 0 Å². The number of rotatable bonds is 9. The molecule has 15 heavy (non-hydrogen) atoms. The second-order valence-electron chi connectivity index (χ2n) is 3.55. The van der Waals surface area contributed by atoms with Crippen LogP contribution >= 0.6 is 31.9 Å². The fourth-order valence-electron chi connectivity index (χ4n) is 1.26. The third-order valence-electron chi connectivity index (χ3n) is 2.09. The zero-order chi connectivity index (χ0) is 11.7. The molecule has 2 nitrogen and oxygen atoms in total. The first-order valence-electron chi connectivity index (χ1n) is 5.55. The van der Waals surface area contributed by atoms with Crippen molar-refractivity contribution in [2.24, 2.45) is 0 Å². The first kappa shape index (κ1) is 15.6. The first-order valence-corrected chi connectivity index (χ1v) is 7.39. The van der Waals surface area contributed by atoms with Crippen LogP contribution < -0.4 is 0 Å². The van der Waals surface area contributed by atoms with E-state index in [1.165, 1.54) is 6.42 Å². The van der Waals surface area contributed by atoms with Crippen molar-refractivity contribution >= 4 is 37.6 Å². The van der Waals surface area contributed by atoms with Crippen LogP contribution in [0.25, 0.3) is 0 Å². The molecule has 0 heterocycles. The maximum Gasteiger partial charge on any atom is 0.163 e. The smallest absolute Gasteiger partial charge is 0.163 e. The van der Waals surface area contributed by atoms with Crippen molar-refractivity contribution in [2.75, 3.05) is 6.61 Å². The Bertz CT molecular complexity index is 172. The van der Waals surface area contributed by atoms with Crippen LogP contribution in [0.3, 0.4) is 0 Å². The van der Waals surface area contributed by atoms with Gasteiger partial charge in [0.05, 0.1) is 0 Å². The number of Topliss-reactive ketones (excluding diaryl/α,β-unsaturated/α-hetero) is 1. The lowest BCUT2D eigenvalue weighted by Crippen LogP contribution is -2.30. The summed E-state index contributed by atoms with van der Waals surface area (Å²) in [5.41, 5.74) is 0. The van der Waals surface area contributed by atoms with Gasteiger partial charge in [-0.15, -0.1) is 0 Å². The number of carbonyl (C=O) groups is 1. The van der Waals surface area contributed by atoms with Gasteiger partial charge in [0.15, 0.2) is 5.78 Å². The maximum atomic E-state index is 11.7. The molecule has 90 valence electrons. The highest BCUT2D eigenvalue weighted by Crippen LogP contribution is 2.19. The van der Waals surface area contributed by atoms with Gasteiger partial charge in [-0.05, 0) is 12.8 Å². The number of unbranched alkanes of at least 4 members (excludes halogenated alkanes) is 2. The van der Waals surface area contributed by atoms with Gasteiger partial charge in [0.1, 0.15) is 9.84 Å². The highest BCUT2D eigenvalue weighted by molar-refractivity contribution is 9.24. The van der Waals surface area contributed by atoms with E-state index in [9.17, 15) is 4.79 Å². The monoisotopic (exact) mass is 342 g/mol. The molecular weight excluding hydrogens is 324 g/mol. The molecule has 4 heteroatoms. The summed E-state index contributed by atoms with van der Waals surface area (Å²) in [5.74, 6) is 0.174. The lowest BCUT2D eigenvalue weighted by atomic mass is 10.1. The van der Waals surface area contributed by atoms with Crippen LogP contribution in [0.2, 0.25) is 0 Å². The Morgan fingerprint density at radius 3 is 2.33 bits per heavy atom. The number of hydrogen-bond donors (Lipinski definition) is 0. The standard InChI is InChI=1S/C11H20Br2O2/c1-3-5-6-8-15-10(11(12)13)9(14)7-4-2/h10-11H,3-8H2,1-2H3. The summed E-state index contributed by atoms with van der Waals surface area (Å²) in [6.07, 6.45) is 4.47. The fourth-order valence-corrected chi connectivity index (χ4v) is 2.15. The Kier molecular flexibility index (Phi) is 10.2. The normalized spacial score (nSPS) is 13.1. The number of ether oxygens (including phenoxy) is 1. The van der Waals surface area contributed by atoms with E-state index >= 15 is 0 Å². The lowest BCUT2D eigenvalue weighted by Gasteiger charge is -2.17. The van der Waals surface area contributed by atoms with Crippen LogP contribution in [0.4, 0.5) is 0 Å². The Balaban J connectivity index is 3.88.